The van der Waals surface area contributed by atoms with E-state index >= 15 is 0 Å². The van der Waals surface area contributed by atoms with Crippen LogP contribution in [0.15, 0.2) is 22.7 Å². The molecule has 0 heterocycles. The number of halogens is 2. The van der Waals surface area contributed by atoms with Crippen molar-refractivity contribution < 1.29 is 4.79 Å². The Kier molecular flexibility index (Phi) is 8.30. The number of hydrogen-bond acceptors (Lipinski definition) is 2. The maximum Gasteiger partial charge on any atom is 0.253 e. The summed E-state index contributed by atoms with van der Waals surface area (Å²) < 4.78 is 0.742. The van der Waals surface area contributed by atoms with Gasteiger partial charge in [-0.2, -0.15) is 0 Å². The SMILES string of the molecule is CCN(CC)CCCC(C)NC(=O)c1cccc(Br)c1Cl. The van der Waals surface area contributed by atoms with Gasteiger partial charge >= 0.3 is 0 Å². The average molecular weight is 376 g/mol. The molecule has 1 amide bonds. The van der Waals surface area contributed by atoms with Crippen molar-refractivity contribution in [1.29, 1.82) is 0 Å². The highest BCUT2D eigenvalue weighted by molar-refractivity contribution is 9.10. The van der Waals surface area contributed by atoms with E-state index in [2.05, 4.69) is 40.0 Å². The van der Waals surface area contributed by atoms with Crippen LogP contribution in [-0.4, -0.2) is 36.5 Å². The van der Waals surface area contributed by atoms with Crippen molar-refractivity contribution in [3.05, 3.63) is 33.3 Å². The lowest BCUT2D eigenvalue weighted by atomic mass is 10.1. The minimum atomic E-state index is -0.114. The van der Waals surface area contributed by atoms with Crippen LogP contribution in [0.5, 0.6) is 0 Å². The van der Waals surface area contributed by atoms with Crippen LogP contribution in [0.3, 0.4) is 0 Å². The molecule has 0 aliphatic rings. The third-order valence-electron chi connectivity index (χ3n) is 3.58. The summed E-state index contributed by atoms with van der Waals surface area (Å²) in [5.74, 6) is -0.114. The molecule has 118 valence electrons. The summed E-state index contributed by atoms with van der Waals surface area (Å²) in [5, 5.41) is 3.47. The van der Waals surface area contributed by atoms with E-state index in [1.807, 2.05) is 19.1 Å². The zero-order chi connectivity index (χ0) is 15.8. The molecule has 0 fully saturated rings. The highest BCUT2D eigenvalue weighted by atomic mass is 79.9. The van der Waals surface area contributed by atoms with Crippen LogP contribution < -0.4 is 5.32 Å². The Morgan fingerprint density at radius 2 is 2.05 bits per heavy atom. The first-order valence-corrected chi connectivity index (χ1v) is 8.63. The summed E-state index contributed by atoms with van der Waals surface area (Å²) in [7, 11) is 0. The number of rotatable bonds is 8. The zero-order valence-corrected chi connectivity index (χ0v) is 15.3. The van der Waals surface area contributed by atoms with Gasteiger partial charge in [-0.15, -0.1) is 0 Å². The van der Waals surface area contributed by atoms with Crippen LogP contribution in [0, 0.1) is 0 Å². The van der Waals surface area contributed by atoms with Crippen molar-refractivity contribution in [2.24, 2.45) is 0 Å². The molecule has 0 aliphatic heterocycles. The summed E-state index contributed by atoms with van der Waals surface area (Å²) in [6, 6.07) is 5.52. The molecule has 0 bridgehead atoms. The quantitative estimate of drug-likeness (QED) is 0.733. The molecule has 21 heavy (non-hydrogen) atoms. The highest BCUT2D eigenvalue weighted by Gasteiger charge is 2.14. The second kappa shape index (κ2) is 9.44. The molecule has 0 spiro atoms. The highest BCUT2D eigenvalue weighted by Crippen LogP contribution is 2.25. The predicted molar refractivity (Wildman–Crippen MR) is 93.1 cm³/mol. The number of nitrogens with one attached hydrogen (secondary N) is 1. The summed E-state index contributed by atoms with van der Waals surface area (Å²) in [5.41, 5.74) is 0.515. The van der Waals surface area contributed by atoms with Crippen molar-refractivity contribution in [3.63, 3.8) is 0 Å². The van der Waals surface area contributed by atoms with Crippen LogP contribution in [0.4, 0.5) is 0 Å². The van der Waals surface area contributed by atoms with E-state index < -0.39 is 0 Å². The fraction of sp³-hybridized carbons (Fsp3) is 0.562. The van der Waals surface area contributed by atoms with Gasteiger partial charge in [0.25, 0.3) is 5.91 Å². The Morgan fingerprint density at radius 1 is 1.38 bits per heavy atom. The second-order valence-corrected chi connectivity index (χ2v) is 6.38. The molecule has 5 heteroatoms. The molecular weight excluding hydrogens is 352 g/mol. The number of amides is 1. The van der Waals surface area contributed by atoms with Crippen LogP contribution >= 0.6 is 27.5 Å². The Hall–Kier alpha value is -0.580. The van der Waals surface area contributed by atoms with Gasteiger partial charge in [-0.25, -0.2) is 0 Å². The number of carbonyl (C=O) groups is 1. The van der Waals surface area contributed by atoms with Gasteiger partial charge in [0, 0.05) is 10.5 Å². The van der Waals surface area contributed by atoms with Gasteiger partial charge in [-0.1, -0.05) is 31.5 Å². The van der Waals surface area contributed by atoms with Crippen molar-refractivity contribution in [2.75, 3.05) is 19.6 Å². The Labute approximate surface area is 141 Å². The first-order valence-electron chi connectivity index (χ1n) is 7.46. The Balaban J connectivity index is 2.45. The minimum Gasteiger partial charge on any atom is -0.350 e. The van der Waals surface area contributed by atoms with E-state index in [1.165, 1.54) is 0 Å². The second-order valence-electron chi connectivity index (χ2n) is 5.14. The van der Waals surface area contributed by atoms with E-state index in [9.17, 15) is 4.79 Å². The smallest absolute Gasteiger partial charge is 0.253 e. The lowest BCUT2D eigenvalue weighted by Gasteiger charge is -2.20. The van der Waals surface area contributed by atoms with E-state index in [-0.39, 0.29) is 11.9 Å². The third kappa shape index (κ3) is 5.97. The molecule has 0 aromatic heterocycles. The molecule has 0 aliphatic carbocycles. The molecule has 0 saturated heterocycles. The summed E-state index contributed by atoms with van der Waals surface area (Å²) in [4.78, 5) is 14.6. The van der Waals surface area contributed by atoms with Gasteiger partial charge in [0.2, 0.25) is 0 Å². The molecule has 1 atom stereocenters. The lowest BCUT2D eigenvalue weighted by Crippen LogP contribution is -2.33. The largest absolute Gasteiger partial charge is 0.350 e. The van der Waals surface area contributed by atoms with E-state index in [1.54, 1.807) is 6.07 Å². The first kappa shape index (κ1) is 18.5. The molecule has 1 aromatic carbocycles. The average Bonchev–Trinajstić information content (AvgIpc) is 2.46. The van der Waals surface area contributed by atoms with Crippen molar-refractivity contribution in [1.82, 2.24) is 10.2 Å². The van der Waals surface area contributed by atoms with Crippen molar-refractivity contribution in [2.45, 2.75) is 39.7 Å². The maximum atomic E-state index is 12.2. The minimum absolute atomic E-state index is 0.114. The Morgan fingerprint density at radius 3 is 2.67 bits per heavy atom. The third-order valence-corrected chi connectivity index (χ3v) is 4.88. The van der Waals surface area contributed by atoms with Crippen LogP contribution in [-0.2, 0) is 0 Å². The van der Waals surface area contributed by atoms with Gasteiger partial charge in [0.05, 0.1) is 10.6 Å². The monoisotopic (exact) mass is 374 g/mol. The predicted octanol–water partition coefficient (Wildman–Crippen LogP) is 4.34. The Bertz CT molecular complexity index is 464. The summed E-state index contributed by atoms with van der Waals surface area (Å²) in [6.45, 7) is 9.60. The van der Waals surface area contributed by atoms with E-state index in [0.29, 0.717) is 10.6 Å². The molecule has 0 saturated carbocycles. The molecule has 1 N–H and O–H groups in total. The summed E-state index contributed by atoms with van der Waals surface area (Å²) >= 11 is 9.48. The molecular formula is C16H24BrClN2O. The van der Waals surface area contributed by atoms with Gasteiger partial charge in [-0.05, 0) is 67.5 Å². The zero-order valence-electron chi connectivity index (χ0n) is 13.0. The van der Waals surface area contributed by atoms with Gasteiger partial charge in [-0.3, -0.25) is 4.79 Å². The molecule has 1 rings (SSSR count). The standard InChI is InChI=1S/C16H24BrClN2O/c1-4-20(5-2)11-7-8-12(3)19-16(21)13-9-6-10-14(17)15(13)18/h6,9-10,12H,4-5,7-8,11H2,1-3H3,(H,19,21). The van der Waals surface area contributed by atoms with Crippen LogP contribution in [0.25, 0.3) is 0 Å². The van der Waals surface area contributed by atoms with Crippen molar-refractivity contribution >= 4 is 33.4 Å². The van der Waals surface area contributed by atoms with Crippen molar-refractivity contribution in [3.8, 4) is 0 Å². The molecule has 1 unspecified atom stereocenters. The molecule has 3 nitrogen and oxygen atoms in total. The first-order chi connectivity index (χ1) is 9.99. The lowest BCUT2D eigenvalue weighted by molar-refractivity contribution is 0.0937. The van der Waals surface area contributed by atoms with E-state index in [0.717, 1.165) is 36.9 Å². The number of hydrogen-bond donors (Lipinski definition) is 1. The maximum absolute atomic E-state index is 12.2. The van der Waals surface area contributed by atoms with Gasteiger partial charge < -0.3 is 10.2 Å². The molecule has 1 aromatic rings. The van der Waals surface area contributed by atoms with Gasteiger partial charge in [0.15, 0.2) is 0 Å². The number of benzene rings is 1. The summed E-state index contributed by atoms with van der Waals surface area (Å²) in [6.07, 6.45) is 2.04. The topological polar surface area (TPSA) is 32.3 Å². The number of nitrogens with zero attached hydrogens (tertiary/aromatic N) is 1. The van der Waals surface area contributed by atoms with E-state index in [4.69, 9.17) is 11.6 Å². The fourth-order valence-corrected chi connectivity index (χ4v) is 2.79. The number of carbonyl (C=O) groups excluding carboxylic acids is 1. The normalized spacial score (nSPS) is 12.5. The van der Waals surface area contributed by atoms with Gasteiger partial charge in [0.1, 0.15) is 0 Å². The van der Waals surface area contributed by atoms with Crippen LogP contribution in [0.1, 0.15) is 44.0 Å². The van der Waals surface area contributed by atoms with Crippen LogP contribution in [0.2, 0.25) is 5.02 Å². The fourth-order valence-electron chi connectivity index (χ4n) is 2.21. The molecule has 0 radical (unpaired) electrons.